The third-order valence-electron chi connectivity index (χ3n) is 5.55. The number of nitrogens with zero attached hydrogens (tertiary/aromatic N) is 4. The first kappa shape index (κ1) is 19.0. The van der Waals surface area contributed by atoms with Gasteiger partial charge in [0, 0.05) is 12.6 Å². The summed E-state index contributed by atoms with van der Waals surface area (Å²) in [7, 11) is 1.58. The molecule has 0 aliphatic heterocycles. The van der Waals surface area contributed by atoms with Crippen molar-refractivity contribution in [3.05, 3.63) is 92.0 Å². The second kappa shape index (κ2) is 6.80. The lowest BCUT2D eigenvalue weighted by Crippen LogP contribution is -2.39. The molecule has 5 rings (SSSR count). The van der Waals surface area contributed by atoms with Crippen LogP contribution in [0.4, 0.5) is 4.39 Å². The Labute approximate surface area is 175 Å². The number of benzene rings is 2. The molecule has 0 radical (unpaired) electrons. The summed E-state index contributed by atoms with van der Waals surface area (Å²) in [5, 5.41) is 0. The molecule has 8 heteroatoms. The maximum absolute atomic E-state index is 13.4. The van der Waals surface area contributed by atoms with Crippen LogP contribution in [0.1, 0.15) is 16.7 Å². The van der Waals surface area contributed by atoms with E-state index in [0.29, 0.717) is 11.3 Å². The van der Waals surface area contributed by atoms with E-state index in [1.807, 2.05) is 32.0 Å². The summed E-state index contributed by atoms with van der Waals surface area (Å²) in [5.74, 6) is 0.277. The molecule has 0 N–H and O–H groups in total. The number of halogens is 1. The molecule has 3 heterocycles. The van der Waals surface area contributed by atoms with Crippen LogP contribution in [0.3, 0.4) is 0 Å². The first-order valence-electron chi connectivity index (χ1n) is 9.77. The van der Waals surface area contributed by atoms with Crippen molar-refractivity contribution >= 4 is 17.0 Å². The van der Waals surface area contributed by atoms with Crippen LogP contribution in [0.5, 0.6) is 0 Å². The van der Waals surface area contributed by atoms with Gasteiger partial charge in [0.2, 0.25) is 0 Å². The molecule has 3 aromatic heterocycles. The SMILES string of the molecule is Cc1ccc(C)c(Cn2c(=O)c3c(nc4oc(-c5ccc(F)cc5)cn43)n(C)c2=O)c1. The number of aromatic nitrogens is 4. The van der Waals surface area contributed by atoms with E-state index in [1.165, 1.54) is 25.7 Å². The topological polar surface area (TPSA) is 74.4 Å². The Kier molecular flexibility index (Phi) is 4.18. The number of aryl methyl sites for hydroxylation is 3. The molecule has 0 spiro atoms. The van der Waals surface area contributed by atoms with Gasteiger partial charge in [0.25, 0.3) is 5.56 Å². The molecule has 0 atom stereocenters. The normalized spacial score (nSPS) is 11.6. The lowest BCUT2D eigenvalue weighted by atomic mass is 10.1. The lowest BCUT2D eigenvalue weighted by molar-refractivity contribution is 0.608. The summed E-state index contributed by atoms with van der Waals surface area (Å²) in [4.78, 5) is 30.7. The Morgan fingerprint density at radius 1 is 1.06 bits per heavy atom. The van der Waals surface area contributed by atoms with Gasteiger partial charge >= 0.3 is 11.5 Å². The van der Waals surface area contributed by atoms with E-state index in [-0.39, 0.29) is 29.4 Å². The van der Waals surface area contributed by atoms with E-state index in [2.05, 4.69) is 4.98 Å². The number of oxazole rings is 1. The average molecular weight is 418 g/mol. The Balaban J connectivity index is 1.73. The first-order valence-corrected chi connectivity index (χ1v) is 9.77. The van der Waals surface area contributed by atoms with Crippen molar-refractivity contribution in [3.63, 3.8) is 0 Å². The number of imidazole rings is 1. The monoisotopic (exact) mass is 418 g/mol. The van der Waals surface area contributed by atoms with E-state index in [4.69, 9.17) is 4.42 Å². The molecular formula is C23H19FN4O3. The van der Waals surface area contributed by atoms with Crippen LogP contribution in [-0.2, 0) is 13.6 Å². The predicted molar refractivity (Wildman–Crippen MR) is 115 cm³/mol. The van der Waals surface area contributed by atoms with Gasteiger partial charge in [0.15, 0.2) is 16.9 Å². The Bertz CT molecular complexity index is 1590. The molecule has 0 saturated heterocycles. The van der Waals surface area contributed by atoms with Gasteiger partial charge in [0.1, 0.15) is 5.82 Å². The van der Waals surface area contributed by atoms with Gasteiger partial charge < -0.3 is 4.42 Å². The minimum atomic E-state index is -0.446. The van der Waals surface area contributed by atoms with Gasteiger partial charge in [-0.15, -0.1) is 0 Å². The zero-order valence-corrected chi connectivity index (χ0v) is 17.2. The largest absolute Gasteiger partial charge is 0.423 e. The van der Waals surface area contributed by atoms with Crippen LogP contribution in [0.15, 0.2) is 62.7 Å². The summed E-state index contributed by atoms with van der Waals surface area (Å²) in [6.07, 6.45) is 1.63. The zero-order chi connectivity index (χ0) is 21.9. The highest BCUT2D eigenvalue weighted by Crippen LogP contribution is 2.25. The zero-order valence-electron chi connectivity index (χ0n) is 17.2. The molecule has 0 bridgehead atoms. The van der Waals surface area contributed by atoms with Crippen molar-refractivity contribution in [2.75, 3.05) is 0 Å². The van der Waals surface area contributed by atoms with Crippen molar-refractivity contribution in [2.24, 2.45) is 7.05 Å². The molecule has 2 aromatic carbocycles. The maximum Gasteiger partial charge on any atom is 0.332 e. The van der Waals surface area contributed by atoms with Gasteiger partial charge in [-0.3, -0.25) is 18.3 Å². The molecule has 0 aliphatic rings. The fraction of sp³-hybridized carbons (Fsp3) is 0.174. The summed E-state index contributed by atoms with van der Waals surface area (Å²) < 4.78 is 23.1. The lowest BCUT2D eigenvalue weighted by Gasteiger charge is -2.11. The number of rotatable bonds is 3. The maximum atomic E-state index is 13.4. The summed E-state index contributed by atoms with van der Waals surface area (Å²) in [6.45, 7) is 4.08. The van der Waals surface area contributed by atoms with Crippen molar-refractivity contribution in [3.8, 4) is 11.3 Å². The number of hydrogen-bond acceptors (Lipinski definition) is 4. The predicted octanol–water partition coefficient (Wildman–Crippen LogP) is 3.41. The van der Waals surface area contributed by atoms with Crippen molar-refractivity contribution < 1.29 is 8.81 Å². The van der Waals surface area contributed by atoms with Gasteiger partial charge in [-0.25, -0.2) is 9.18 Å². The smallest absolute Gasteiger partial charge is 0.332 e. The fourth-order valence-corrected chi connectivity index (χ4v) is 3.78. The average Bonchev–Trinajstić information content (AvgIpc) is 3.31. The molecule has 0 aliphatic carbocycles. The quantitative estimate of drug-likeness (QED) is 0.450. The molecular weight excluding hydrogens is 399 g/mol. The van der Waals surface area contributed by atoms with E-state index in [1.54, 1.807) is 25.4 Å². The van der Waals surface area contributed by atoms with Crippen LogP contribution in [0, 0.1) is 19.7 Å². The Morgan fingerprint density at radius 2 is 1.81 bits per heavy atom. The molecule has 0 unspecified atom stereocenters. The Hall–Kier alpha value is -3.94. The van der Waals surface area contributed by atoms with E-state index >= 15 is 0 Å². The number of fused-ring (bicyclic) bond motifs is 3. The fourth-order valence-electron chi connectivity index (χ4n) is 3.78. The van der Waals surface area contributed by atoms with Gasteiger partial charge in [-0.2, -0.15) is 4.98 Å². The second-order valence-electron chi connectivity index (χ2n) is 7.70. The van der Waals surface area contributed by atoms with Crippen LogP contribution in [-0.4, -0.2) is 18.5 Å². The van der Waals surface area contributed by atoms with Gasteiger partial charge in [0.05, 0.1) is 12.7 Å². The molecule has 0 fully saturated rings. The van der Waals surface area contributed by atoms with Crippen LogP contribution >= 0.6 is 0 Å². The van der Waals surface area contributed by atoms with Crippen LogP contribution < -0.4 is 11.2 Å². The van der Waals surface area contributed by atoms with E-state index in [9.17, 15) is 14.0 Å². The minimum Gasteiger partial charge on any atom is -0.423 e. The highest BCUT2D eigenvalue weighted by molar-refractivity contribution is 5.76. The highest BCUT2D eigenvalue weighted by atomic mass is 19.1. The molecule has 31 heavy (non-hydrogen) atoms. The summed E-state index contributed by atoms with van der Waals surface area (Å²) >= 11 is 0. The molecule has 156 valence electrons. The number of hydrogen-bond donors (Lipinski definition) is 0. The molecule has 5 aromatic rings. The van der Waals surface area contributed by atoms with Crippen LogP contribution in [0.2, 0.25) is 0 Å². The summed E-state index contributed by atoms with van der Waals surface area (Å²) in [5.41, 5.74) is 3.21. The molecule has 0 amide bonds. The Morgan fingerprint density at radius 3 is 2.55 bits per heavy atom. The standard InChI is InChI=1S/C23H19FN4O3/c1-13-4-5-14(2)16(10-13)11-28-21(29)19-20(26(3)23(28)30)25-22-27(19)12-18(31-22)15-6-8-17(24)9-7-15/h4-10,12H,11H2,1-3H3. The van der Waals surface area contributed by atoms with E-state index in [0.717, 1.165) is 16.7 Å². The molecule has 0 saturated carbocycles. The third-order valence-corrected chi connectivity index (χ3v) is 5.55. The van der Waals surface area contributed by atoms with Crippen molar-refractivity contribution in [2.45, 2.75) is 20.4 Å². The first-order chi connectivity index (χ1) is 14.8. The highest BCUT2D eigenvalue weighted by Gasteiger charge is 2.20. The third kappa shape index (κ3) is 2.99. The minimum absolute atomic E-state index is 0.158. The van der Waals surface area contributed by atoms with Crippen molar-refractivity contribution in [1.82, 2.24) is 18.5 Å². The second-order valence-corrected chi connectivity index (χ2v) is 7.70. The van der Waals surface area contributed by atoms with Crippen molar-refractivity contribution in [1.29, 1.82) is 0 Å². The summed E-state index contributed by atoms with van der Waals surface area (Å²) in [6, 6.07) is 11.8. The molecule has 7 nitrogen and oxygen atoms in total. The van der Waals surface area contributed by atoms with E-state index < -0.39 is 11.2 Å². The van der Waals surface area contributed by atoms with Gasteiger partial charge in [-0.05, 0) is 49.2 Å². The van der Waals surface area contributed by atoms with Crippen LogP contribution in [0.25, 0.3) is 28.3 Å². The van der Waals surface area contributed by atoms with Gasteiger partial charge in [-0.1, -0.05) is 23.8 Å².